The minimum atomic E-state index is -0.644. The van der Waals surface area contributed by atoms with E-state index in [1.807, 2.05) is 6.92 Å². The Bertz CT molecular complexity index is 221. The number of aliphatic imine (C=N–C) groups is 1. The van der Waals surface area contributed by atoms with Crippen LogP contribution in [0.2, 0.25) is 0 Å². The van der Waals surface area contributed by atoms with Crippen molar-refractivity contribution in [2.75, 3.05) is 13.2 Å². The molecule has 0 aliphatic carbocycles. The highest BCUT2D eigenvalue weighted by molar-refractivity contribution is 5.98. The van der Waals surface area contributed by atoms with Gasteiger partial charge in [0.2, 0.25) is 5.90 Å². The molecule has 74 valence electrons. The van der Waals surface area contributed by atoms with E-state index in [4.69, 9.17) is 4.74 Å². The van der Waals surface area contributed by atoms with E-state index in [0.717, 1.165) is 0 Å². The highest BCUT2D eigenvalue weighted by Crippen LogP contribution is 1.97. The Hall–Kier alpha value is -1.32. The normalized spacial score (nSPS) is 10.8. The lowest BCUT2D eigenvalue weighted by molar-refractivity contribution is 0.162. The number of carbonyl (C=O) groups excluding carboxylic acids is 1. The van der Waals surface area contributed by atoms with Crippen molar-refractivity contribution in [3.05, 3.63) is 12.2 Å². The number of rotatable bonds is 3. The van der Waals surface area contributed by atoms with Crippen LogP contribution in [0.5, 0.6) is 0 Å². The van der Waals surface area contributed by atoms with Crippen molar-refractivity contribution in [3.8, 4) is 0 Å². The summed E-state index contributed by atoms with van der Waals surface area (Å²) in [7, 11) is 0. The third-order valence-electron chi connectivity index (χ3n) is 1.11. The summed E-state index contributed by atoms with van der Waals surface area (Å²) in [5.41, 5.74) is 0.606. The second-order valence-electron chi connectivity index (χ2n) is 2.33. The fourth-order valence-corrected chi connectivity index (χ4v) is 0.626. The lowest BCUT2D eigenvalue weighted by atomic mass is 10.3. The van der Waals surface area contributed by atoms with Gasteiger partial charge >= 0.3 is 6.09 Å². The largest absolute Gasteiger partial charge is 0.478 e. The molecule has 0 aromatic carbocycles. The van der Waals surface area contributed by atoms with Gasteiger partial charge in [0.15, 0.2) is 0 Å². The van der Waals surface area contributed by atoms with Crippen molar-refractivity contribution >= 4 is 12.0 Å². The molecule has 0 fully saturated rings. The second kappa shape index (κ2) is 6.22. The van der Waals surface area contributed by atoms with Crippen LogP contribution >= 0.6 is 0 Å². The molecule has 0 spiro atoms. The van der Waals surface area contributed by atoms with Gasteiger partial charge in [-0.25, -0.2) is 4.79 Å². The summed E-state index contributed by atoms with van der Waals surface area (Å²) >= 11 is 0. The lowest BCUT2D eigenvalue weighted by Gasteiger charge is -2.05. The molecule has 0 radical (unpaired) electrons. The molecule has 0 aliphatic heterocycles. The molecule has 0 aromatic rings. The highest BCUT2D eigenvalue weighted by Gasteiger charge is 2.05. The van der Waals surface area contributed by atoms with Crippen LogP contribution in [0.4, 0.5) is 4.79 Å². The number of hydrogen-bond donors (Lipinski definition) is 0. The highest BCUT2D eigenvalue weighted by atomic mass is 16.6. The Balaban J connectivity index is 4.34. The standard InChI is InChI=1S/C9H15NO3/c1-5-12-8(7(3)4)10-9(11)13-6-2/h3,5-6H2,1-2,4H3/b10-8+. The molecule has 0 heterocycles. The molecule has 0 aliphatic rings. The van der Waals surface area contributed by atoms with E-state index in [1.54, 1.807) is 13.8 Å². The zero-order chi connectivity index (χ0) is 10.3. The van der Waals surface area contributed by atoms with E-state index in [1.165, 1.54) is 0 Å². The molecule has 0 rings (SSSR count). The van der Waals surface area contributed by atoms with E-state index >= 15 is 0 Å². The van der Waals surface area contributed by atoms with Crippen molar-refractivity contribution in [1.29, 1.82) is 0 Å². The van der Waals surface area contributed by atoms with Crippen molar-refractivity contribution < 1.29 is 14.3 Å². The predicted molar refractivity (Wildman–Crippen MR) is 50.9 cm³/mol. The topological polar surface area (TPSA) is 47.9 Å². The van der Waals surface area contributed by atoms with E-state index < -0.39 is 6.09 Å². The first-order valence-electron chi connectivity index (χ1n) is 4.15. The van der Waals surface area contributed by atoms with Gasteiger partial charge in [-0.3, -0.25) is 0 Å². The number of amides is 1. The predicted octanol–water partition coefficient (Wildman–Crippen LogP) is 2.15. The smallest absolute Gasteiger partial charge is 0.436 e. The SMILES string of the molecule is C=C(C)/C(=N\C(=O)OCC)OCC. The monoisotopic (exact) mass is 185 g/mol. The van der Waals surface area contributed by atoms with Gasteiger partial charge in [-0.2, -0.15) is 0 Å². The first-order chi connectivity index (χ1) is 6.11. The molecule has 0 aromatic heterocycles. The molecular weight excluding hydrogens is 170 g/mol. The summed E-state index contributed by atoms with van der Waals surface area (Å²) in [4.78, 5) is 14.5. The van der Waals surface area contributed by atoms with Crippen molar-refractivity contribution in [2.45, 2.75) is 20.8 Å². The first kappa shape index (κ1) is 11.7. The first-order valence-corrected chi connectivity index (χ1v) is 4.15. The lowest BCUT2D eigenvalue weighted by Crippen LogP contribution is -2.10. The van der Waals surface area contributed by atoms with E-state index in [-0.39, 0.29) is 5.90 Å². The van der Waals surface area contributed by atoms with Gasteiger partial charge < -0.3 is 9.47 Å². The molecule has 0 unspecified atom stereocenters. The van der Waals surface area contributed by atoms with Crippen molar-refractivity contribution in [1.82, 2.24) is 0 Å². The molecule has 0 saturated carbocycles. The maximum Gasteiger partial charge on any atom is 0.436 e. The molecule has 0 bridgehead atoms. The third-order valence-corrected chi connectivity index (χ3v) is 1.11. The third kappa shape index (κ3) is 5.00. The zero-order valence-corrected chi connectivity index (χ0v) is 8.29. The van der Waals surface area contributed by atoms with Crippen molar-refractivity contribution in [2.24, 2.45) is 4.99 Å². The van der Waals surface area contributed by atoms with Gasteiger partial charge in [-0.15, -0.1) is 4.99 Å². The van der Waals surface area contributed by atoms with Crippen LogP contribution in [0.3, 0.4) is 0 Å². The van der Waals surface area contributed by atoms with Crippen LogP contribution in [0.25, 0.3) is 0 Å². The van der Waals surface area contributed by atoms with Crippen LogP contribution < -0.4 is 0 Å². The molecule has 4 nitrogen and oxygen atoms in total. The summed E-state index contributed by atoms with van der Waals surface area (Å²) in [5.74, 6) is 0.237. The maximum absolute atomic E-state index is 10.9. The number of ether oxygens (including phenoxy) is 2. The quantitative estimate of drug-likeness (QED) is 0.500. The van der Waals surface area contributed by atoms with Crippen LogP contribution in [0.15, 0.2) is 17.1 Å². The molecule has 13 heavy (non-hydrogen) atoms. The molecule has 0 atom stereocenters. The average Bonchev–Trinajstić information content (AvgIpc) is 2.04. The molecule has 1 amide bonds. The van der Waals surface area contributed by atoms with Gasteiger partial charge in [0.05, 0.1) is 13.2 Å². The van der Waals surface area contributed by atoms with Gasteiger partial charge in [0, 0.05) is 5.57 Å². The zero-order valence-electron chi connectivity index (χ0n) is 8.29. The van der Waals surface area contributed by atoms with E-state index in [2.05, 4.69) is 16.3 Å². The minimum Gasteiger partial charge on any atom is -0.478 e. The minimum absolute atomic E-state index is 0.237. The Kier molecular flexibility index (Phi) is 5.59. The van der Waals surface area contributed by atoms with Crippen LogP contribution in [0.1, 0.15) is 20.8 Å². The van der Waals surface area contributed by atoms with Gasteiger partial charge in [0.25, 0.3) is 0 Å². The second-order valence-corrected chi connectivity index (χ2v) is 2.33. The van der Waals surface area contributed by atoms with Gasteiger partial charge in [0.1, 0.15) is 0 Å². The van der Waals surface area contributed by atoms with E-state index in [0.29, 0.717) is 18.8 Å². The van der Waals surface area contributed by atoms with E-state index in [9.17, 15) is 4.79 Å². The maximum atomic E-state index is 10.9. The van der Waals surface area contributed by atoms with Gasteiger partial charge in [-0.05, 0) is 20.8 Å². The van der Waals surface area contributed by atoms with Crippen LogP contribution in [-0.2, 0) is 9.47 Å². The molecule has 0 saturated heterocycles. The molecule has 0 N–H and O–H groups in total. The number of nitrogens with zero attached hydrogens (tertiary/aromatic N) is 1. The molecule has 4 heteroatoms. The summed E-state index contributed by atoms with van der Waals surface area (Å²) in [6, 6.07) is 0. The van der Waals surface area contributed by atoms with Crippen molar-refractivity contribution in [3.63, 3.8) is 0 Å². The Labute approximate surface area is 78.3 Å². The molecular formula is C9H15NO3. The Morgan fingerprint density at radius 2 is 1.85 bits per heavy atom. The Morgan fingerprint density at radius 1 is 1.31 bits per heavy atom. The Morgan fingerprint density at radius 3 is 2.23 bits per heavy atom. The average molecular weight is 185 g/mol. The fraction of sp³-hybridized carbons (Fsp3) is 0.556. The number of carbonyl (C=O) groups is 1. The van der Waals surface area contributed by atoms with Gasteiger partial charge in [-0.1, -0.05) is 6.58 Å². The summed E-state index contributed by atoms with van der Waals surface area (Å²) in [6.45, 7) is 9.62. The number of hydrogen-bond acceptors (Lipinski definition) is 3. The van der Waals surface area contributed by atoms with Crippen LogP contribution in [0, 0.1) is 0 Å². The summed E-state index contributed by atoms with van der Waals surface area (Å²) in [5, 5.41) is 0. The summed E-state index contributed by atoms with van der Waals surface area (Å²) < 4.78 is 9.69. The van der Waals surface area contributed by atoms with Crippen LogP contribution in [-0.4, -0.2) is 25.2 Å². The summed E-state index contributed by atoms with van der Waals surface area (Å²) in [6.07, 6.45) is -0.644. The fourth-order valence-electron chi connectivity index (χ4n) is 0.626.